The van der Waals surface area contributed by atoms with Crippen molar-refractivity contribution in [3.8, 4) is 0 Å². The lowest BCUT2D eigenvalue weighted by atomic mass is 10.2. The normalized spacial score (nSPS) is 11.4. The van der Waals surface area contributed by atoms with Crippen LogP contribution in [0.1, 0.15) is 26.2 Å². The molecule has 62 valence electrons. The monoisotopic (exact) mass is 145 g/mol. The largest absolute Gasteiger partial charge is 0.255 e. The molecule has 10 heavy (non-hydrogen) atoms. The van der Waals surface area contributed by atoms with Gasteiger partial charge in [-0.05, 0) is 6.42 Å². The molecule has 0 saturated carbocycles. The Kier molecular flexibility index (Phi) is 5.58. The summed E-state index contributed by atoms with van der Waals surface area (Å²) in [5, 5.41) is 3.63. The van der Waals surface area contributed by atoms with Crippen molar-refractivity contribution in [2.24, 2.45) is 5.84 Å². The van der Waals surface area contributed by atoms with Crippen LogP contribution in [0.2, 0.25) is 0 Å². The summed E-state index contributed by atoms with van der Waals surface area (Å²) < 4.78 is 0. The molecule has 0 fully saturated rings. The summed E-state index contributed by atoms with van der Waals surface area (Å²) in [4.78, 5) is 0. The maximum atomic E-state index is 5.48. The average molecular weight is 145 g/mol. The van der Waals surface area contributed by atoms with Gasteiger partial charge in [0, 0.05) is 20.6 Å². The minimum Gasteiger partial charge on any atom is -0.255 e. The third kappa shape index (κ3) is 4.73. The second-order valence-corrected chi connectivity index (χ2v) is 2.66. The Hall–Kier alpha value is -0.120. The van der Waals surface area contributed by atoms with Crippen LogP contribution in [0, 0.1) is 0 Å². The average Bonchev–Trinajstić information content (AvgIpc) is 1.88. The molecule has 0 saturated heterocycles. The van der Waals surface area contributed by atoms with Crippen LogP contribution in [-0.2, 0) is 0 Å². The molecule has 0 bridgehead atoms. The summed E-state index contributed by atoms with van der Waals surface area (Å²) in [5.74, 6) is 5.48. The maximum absolute atomic E-state index is 5.48. The Morgan fingerprint density at radius 2 is 1.80 bits per heavy atom. The van der Waals surface area contributed by atoms with E-state index in [0.717, 1.165) is 6.54 Å². The zero-order valence-corrected chi connectivity index (χ0v) is 7.30. The van der Waals surface area contributed by atoms with Gasteiger partial charge in [-0.3, -0.25) is 5.84 Å². The van der Waals surface area contributed by atoms with E-state index < -0.39 is 0 Å². The van der Waals surface area contributed by atoms with Crippen molar-refractivity contribution in [1.29, 1.82) is 0 Å². The van der Waals surface area contributed by atoms with Gasteiger partial charge in [-0.1, -0.05) is 19.8 Å². The van der Waals surface area contributed by atoms with Gasteiger partial charge in [-0.2, -0.15) is 5.12 Å². The lowest BCUT2D eigenvalue weighted by Gasteiger charge is -2.22. The third-order valence-corrected chi connectivity index (χ3v) is 1.62. The van der Waals surface area contributed by atoms with Gasteiger partial charge in [0.15, 0.2) is 0 Å². The molecule has 0 heterocycles. The topological polar surface area (TPSA) is 32.5 Å². The predicted octanol–water partition coefficient (Wildman–Crippen LogP) is 0.829. The molecule has 0 aliphatic rings. The van der Waals surface area contributed by atoms with Crippen molar-refractivity contribution in [2.45, 2.75) is 26.2 Å². The lowest BCUT2D eigenvalue weighted by Crippen LogP contribution is -2.42. The molecule has 0 atom stereocenters. The number of hydrogen-bond acceptors (Lipinski definition) is 3. The van der Waals surface area contributed by atoms with E-state index in [1.54, 1.807) is 5.12 Å². The van der Waals surface area contributed by atoms with Crippen LogP contribution in [-0.4, -0.2) is 30.8 Å². The first-order chi connectivity index (χ1) is 4.68. The summed E-state index contributed by atoms with van der Waals surface area (Å²) >= 11 is 0. The van der Waals surface area contributed by atoms with Crippen LogP contribution in [0.3, 0.4) is 0 Å². The highest BCUT2D eigenvalue weighted by atomic mass is 15.7. The van der Waals surface area contributed by atoms with Gasteiger partial charge in [-0.25, -0.2) is 5.01 Å². The summed E-state index contributed by atoms with van der Waals surface area (Å²) in [6, 6.07) is 0. The number of nitrogens with zero attached hydrogens (tertiary/aromatic N) is 2. The molecule has 0 aromatic carbocycles. The quantitative estimate of drug-likeness (QED) is 0.353. The Morgan fingerprint density at radius 3 is 2.20 bits per heavy atom. The lowest BCUT2D eigenvalue weighted by molar-refractivity contribution is 0.0252. The predicted molar refractivity (Wildman–Crippen MR) is 44.1 cm³/mol. The van der Waals surface area contributed by atoms with E-state index in [0.29, 0.717) is 0 Å². The molecule has 0 radical (unpaired) electrons. The van der Waals surface area contributed by atoms with Gasteiger partial charge in [-0.15, -0.1) is 0 Å². The van der Waals surface area contributed by atoms with Gasteiger partial charge in [0.2, 0.25) is 0 Å². The number of hydrogen-bond donors (Lipinski definition) is 1. The van der Waals surface area contributed by atoms with Crippen LogP contribution in [0.4, 0.5) is 0 Å². The molecule has 0 unspecified atom stereocenters. The van der Waals surface area contributed by atoms with Gasteiger partial charge in [0.25, 0.3) is 0 Å². The molecule has 0 spiro atoms. The minimum atomic E-state index is 1.06. The van der Waals surface area contributed by atoms with Crippen LogP contribution < -0.4 is 5.84 Å². The fourth-order valence-corrected chi connectivity index (χ4v) is 0.748. The zero-order chi connectivity index (χ0) is 7.98. The van der Waals surface area contributed by atoms with Gasteiger partial charge < -0.3 is 0 Å². The van der Waals surface area contributed by atoms with Crippen LogP contribution >= 0.6 is 0 Å². The minimum absolute atomic E-state index is 1.06. The van der Waals surface area contributed by atoms with Crippen molar-refractivity contribution < 1.29 is 0 Å². The SMILES string of the molecule is CCCCCN(C)N(C)N. The number of nitrogens with two attached hydrogens (primary N) is 1. The third-order valence-electron chi connectivity index (χ3n) is 1.62. The maximum Gasteiger partial charge on any atom is 0.0174 e. The van der Waals surface area contributed by atoms with Crippen molar-refractivity contribution in [3.05, 3.63) is 0 Å². The first-order valence-electron chi connectivity index (χ1n) is 3.88. The Bertz CT molecular complexity index is 73.3. The highest BCUT2D eigenvalue weighted by Crippen LogP contribution is 1.95. The van der Waals surface area contributed by atoms with E-state index in [1.807, 2.05) is 19.1 Å². The highest BCUT2D eigenvalue weighted by Gasteiger charge is 1.97. The molecule has 3 heteroatoms. The molecule has 2 N–H and O–H groups in total. The fourth-order valence-electron chi connectivity index (χ4n) is 0.748. The van der Waals surface area contributed by atoms with E-state index in [9.17, 15) is 0 Å². The van der Waals surface area contributed by atoms with Crippen LogP contribution in [0.15, 0.2) is 0 Å². The Labute approximate surface area is 63.7 Å². The van der Waals surface area contributed by atoms with Gasteiger partial charge in [0.1, 0.15) is 0 Å². The molecule has 0 aliphatic heterocycles. The van der Waals surface area contributed by atoms with Crippen LogP contribution in [0.5, 0.6) is 0 Å². The molecule has 0 aliphatic carbocycles. The smallest absolute Gasteiger partial charge is 0.0174 e. The second-order valence-electron chi connectivity index (χ2n) is 2.66. The molecule has 0 aromatic rings. The summed E-state index contributed by atoms with van der Waals surface area (Å²) in [7, 11) is 3.85. The number of unbranched alkanes of at least 4 members (excludes halogenated alkanes) is 2. The molecule has 0 rings (SSSR count). The molecular weight excluding hydrogens is 126 g/mol. The van der Waals surface area contributed by atoms with Crippen LogP contribution in [0.25, 0.3) is 0 Å². The first kappa shape index (κ1) is 9.88. The standard InChI is InChI=1S/C7H19N3/c1-4-5-6-7-9(2)10(3)8/h4-8H2,1-3H3. The summed E-state index contributed by atoms with van der Waals surface area (Å²) in [6.45, 7) is 3.26. The molecule has 0 amide bonds. The Balaban J connectivity index is 3.13. The summed E-state index contributed by atoms with van der Waals surface area (Å²) in [6.07, 6.45) is 3.79. The van der Waals surface area contributed by atoms with E-state index in [4.69, 9.17) is 5.84 Å². The number of rotatable bonds is 5. The number of hydrazine groups is 2. The van der Waals surface area contributed by atoms with E-state index in [2.05, 4.69) is 6.92 Å². The molecule has 3 nitrogen and oxygen atoms in total. The van der Waals surface area contributed by atoms with Gasteiger partial charge in [0.05, 0.1) is 0 Å². The van der Waals surface area contributed by atoms with E-state index >= 15 is 0 Å². The van der Waals surface area contributed by atoms with E-state index in [-0.39, 0.29) is 0 Å². The highest BCUT2D eigenvalue weighted by molar-refractivity contribution is 4.43. The zero-order valence-electron chi connectivity index (χ0n) is 7.30. The van der Waals surface area contributed by atoms with Gasteiger partial charge >= 0.3 is 0 Å². The molecular formula is C7H19N3. The van der Waals surface area contributed by atoms with Crippen molar-refractivity contribution in [2.75, 3.05) is 20.6 Å². The summed E-state index contributed by atoms with van der Waals surface area (Å²) in [5.41, 5.74) is 0. The van der Waals surface area contributed by atoms with E-state index in [1.165, 1.54) is 19.3 Å². The second kappa shape index (κ2) is 5.65. The van der Waals surface area contributed by atoms with Crippen molar-refractivity contribution in [3.63, 3.8) is 0 Å². The fraction of sp³-hybridized carbons (Fsp3) is 1.00. The Morgan fingerprint density at radius 1 is 1.20 bits per heavy atom. The van der Waals surface area contributed by atoms with Crippen molar-refractivity contribution in [1.82, 2.24) is 10.1 Å². The van der Waals surface area contributed by atoms with Crippen molar-refractivity contribution >= 4 is 0 Å². The molecule has 0 aromatic heterocycles. The first-order valence-corrected chi connectivity index (χ1v) is 3.88.